The lowest BCUT2D eigenvalue weighted by Gasteiger charge is -2.35. The van der Waals surface area contributed by atoms with Crippen LogP contribution in [0.3, 0.4) is 0 Å². The van der Waals surface area contributed by atoms with Gasteiger partial charge in [-0.3, -0.25) is 9.69 Å². The molecule has 3 aromatic rings. The number of amides is 1. The number of ether oxygens (including phenoxy) is 2. The fraction of sp³-hybridized carbons (Fsp3) is 0.250. The number of pyridine rings is 1. The van der Waals surface area contributed by atoms with Crippen LogP contribution in [-0.4, -0.2) is 34.1 Å². The van der Waals surface area contributed by atoms with E-state index >= 15 is 0 Å². The van der Waals surface area contributed by atoms with E-state index in [0.29, 0.717) is 34.2 Å². The Labute approximate surface area is 242 Å². The molecule has 0 fully saturated rings. The standard InChI is InChI=1S/C32H28N4O4S/c1-2-39-32(38)28-26-18-41-30-23(15-21-9-6-10-25(21)35-30)31(37)36(26)29(34)24(16-33)27(28)20-11-13-22(14-12-20)40-17-19-7-4-3-5-8-19/h3-5,7-8,11-15,27H,2,6,9-10,17-18,34H2,1H3. The lowest BCUT2D eigenvalue weighted by atomic mass is 9.81. The molecule has 3 heterocycles. The minimum atomic E-state index is -0.805. The zero-order valence-electron chi connectivity index (χ0n) is 22.6. The van der Waals surface area contributed by atoms with Crippen molar-refractivity contribution in [2.45, 2.75) is 43.7 Å². The van der Waals surface area contributed by atoms with Crippen molar-refractivity contribution in [3.63, 3.8) is 0 Å². The molecule has 2 N–H and O–H groups in total. The Bertz CT molecular complexity index is 1640. The maximum Gasteiger partial charge on any atom is 0.336 e. The topological polar surface area (TPSA) is 119 Å². The van der Waals surface area contributed by atoms with Crippen LogP contribution in [0.4, 0.5) is 0 Å². The van der Waals surface area contributed by atoms with E-state index in [9.17, 15) is 14.9 Å². The van der Waals surface area contributed by atoms with Crippen LogP contribution in [0.2, 0.25) is 0 Å². The van der Waals surface area contributed by atoms with E-state index < -0.39 is 17.8 Å². The van der Waals surface area contributed by atoms with Gasteiger partial charge in [0.25, 0.3) is 5.91 Å². The Balaban J connectivity index is 1.41. The maximum absolute atomic E-state index is 14.0. The van der Waals surface area contributed by atoms with E-state index in [1.54, 1.807) is 19.1 Å². The minimum Gasteiger partial charge on any atom is -0.489 e. The summed E-state index contributed by atoms with van der Waals surface area (Å²) in [6.45, 7) is 2.27. The average molecular weight is 565 g/mol. The molecule has 206 valence electrons. The summed E-state index contributed by atoms with van der Waals surface area (Å²) >= 11 is 1.40. The molecule has 0 saturated carbocycles. The number of thioether (sulfide) groups is 1. The van der Waals surface area contributed by atoms with Gasteiger partial charge in [0.1, 0.15) is 23.2 Å². The van der Waals surface area contributed by atoms with Gasteiger partial charge in [0.15, 0.2) is 0 Å². The van der Waals surface area contributed by atoms with Crippen LogP contribution in [0, 0.1) is 11.3 Å². The Hall–Kier alpha value is -4.55. The third-order valence-electron chi connectivity index (χ3n) is 7.55. The Kier molecular flexibility index (Phi) is 7.25. The lowest BCUT2D eigenvalue weighted by molar-refractivity contribution is -0.138. The number of nitrogens with zero attached hydrogens (tertiary/aromatic N) is 3. The molecule has 0 bridgehead atoms. The van der Waals surface area contributed by atoms with Gasteiger partial charge >= 0.3 is 5.97 Å². The van der Waals surface area contributed by atoms with Crippen molar-refractivity contribution in [3.05, 3.63) is 111 Å². The highest BCUT2D eigenvalue weighted by Crippen LogP contribution is 2.45. The summed E-state index contributed by atoms with van der Waals surface area (Å²) in [5, 5.41) is 10.9. The van der Waals surface area contributed by atoms with E-state index in [0.717, 1.165) is 36.1 Å². The lowest BCUT2D eigenvalue weighted by Crippen LogP contribution is -2.41. The number of hydrogen-bond donors (Lipinski definition) is 1. The maximum atomic E-state index is 14.0. The third kappa shape index (κ3) is 4.85. The van der Waals surface area contributed by atoms with E-state index in [1.165, 1.54) is 16.7 Å². The summed E-state index contributed by atoms with van der Waals surface area (Å²) in [4.78, 5) is 33.7. The van der Waals surface area contributed by atoms with Gasteiger partial charge in [-0.05, 0) is 61.1 Å². The number of hydrogen-bond acceptors (Lipinski definition) is 8. The van der Waals surface area contributed by atoms with Gasteiger partial charge in [-0.15, -0.1) is 0 Å². The number of benzene rings is 2. The predicted octanol–water partition coefficient (Wildman–Crippen LogP) is 5.01. The summed E-state index contributed by atoms with van der Waals surface area (Å²) < 4.78 is 11.4. The number of aryl methyl sites for hydroxylation is 2. The number of carbonyl (C=O) groups is 2. The second-order valence-corrected chi connectivity index (χ2v) is 11.0. The van der Waals surface area contributed by atoms with Gasteiger partial charge in [0.2, 0.25) is 0 Å². The molecule has 1 aliphatic carbocycles. The molecule has 0 saturated heterocycles. The summed E-state index contributed by atoms with van der Waals surface area (Å²) in [5.41, 5.74) is 11.6. The molecule has 1 unspecified atom stereocenters. The van der Waals surface area contributed by atoms with Gasteiger partial charge in [-0.1, -0.05) is 54.2 Å². The van der Waals surface area contributed by atoms with Crippen LogP contribution in [-0.2, 0) is 29.0 Å². The van der Waals surface area contributed by atoms with Crippen molar-refractivity contribution in [1.29, 1.82) is 5.26 Å². The van der Waals surface area contributed by atoms with Crippen molar-refractivity contribution in [2.75, 3.05) is 12.4 Å². The van der Waals surface area contributed by atoms with Crippen LogP contribution in [0.25, 0.3) is 0 Å². The summed E-state index contributed by atoms with van der Waals surface area (Å²) in [7, 11) is 0. The molecule has 41 heavy (non-hydrogen) atoms. The number of rotatable bonds is 6. The molecule has 2 aromatic carbocycles. The number of allylic oxidation sites excluding steroid dienone is 1. The molecule has 1 aromatic heterocycles. The van der Waals surface area contributed by atoms with E-state index in [-0.39, 0.29) is 29.3 Å². The first-order valence-corrected chi connectivity index (χ1v) is 14.5. The highest BCUT2D eigenvalue weighted by atomic mass is 32.2. The van der Waals surface area contributed by atoms with Gasteiger partial charge in [0, 0.05) is 17.1 Å². The van der Waals surface area contributed by atoms with Gasteiger partial charge in [0.05, 0.1) is 35.3 Å². The van der Waals surface area contributed by atoms with E-state index in [2.05, 4.69) is 6.07 Å². The van der Waals surface area contributed by atoms with Crippen molar-refractivity contribution >= 4 is 23.6 Å². The smallest absolute Gasteiger partial charge is 0.336 e. The third-order valence-corrected chi connectivity index (χ3v) is 8.55. The first-order valence-electron chi connectivity index (χ1n) is 13.6. The SMILES string of the molecule is CCOC(=O)C1=C2CSc3nc4c(cc3C(=O)N2C(N)=C(C#N)C1c1ccc(OCc2ccccc2)cc1)CCC4. The first-order chi connectivity index (χ1) is 20.0. The van der Waals surface area contributed by atoms with Crippen molar-refractivity contribution in [3.8, 4) is 11.8 Å². The van der Waals surface area contributed by atoms with Crippen LogP contribution >= 0.6 is 11.8 Å². The van der Waals surface area contributed by atoms with Crippen molar-refractivity contribution in [1.82, 2.24) is 9.88 Å². The fourth-order valence-corrected chi connectivity index (χ4v) is 6.62. The number of aromatic nitrogens is 1. The van der Waals surface area contributed by atoms with Gasteiger partial charge < -0.3 is 15.2 Å². The van der Waals surface area contributed by atoms with E-state index in [1.807, 2.05) is 48.5 Å². The largest absolute Gasteiger partial charge is 0.489 e. The van der Waals surface area contributed by atoms with Crippen LogP contribution in [0.1, 0.15) is 52.0 Å². The monoisotopic (exact) mass is 564 g/mol. The molecular weight excluding hydrogens is 536 g/mol. The second kappa shape index (κ2) is 11.1. The van der Waals surface area contributed by atoms with Crippen LogP contribution in [0.5, 0.6) is 5.75 Å². The summed E-state index contributed by atoms with van der Waals surface area (Å²) in [5.74, 6) is -0.850. The Morgan fingerprint density at radius 2 is 1.95 bits per heavy atom. The molecule has 1 atom stereocenters. The quantitative estimate of drug-likeness (QED) is 0.415. The molecule has 6 rings (SSSR count). The predicted molar refractivity (Wildman–Crippen MR) is 154 cm³/mol. The number of carbonyl (C=O) groups excluding carboxylic acids is 2. The van der Waals surface area contributed by atoms with Crippen LogP contribution < -0.4 is 10.5 Å². The van der Waals surface area contributed by atoms with Crippen molar-refractivity contribution < 1.29 is 19.1 Å². The number of fused-ring (bicyclic) bond motifs is 3. The summed E-state index contributed by atoms with van der Waals surface area (Å²) in [6.07, 6.45) is 2.75. The van der Waals surface area contributed by atoms with Gasteiger partial charge in [-0.2, -0.15) is 5.26 Å². The number of nitriles is 1. The molecule has 0 spiro atoms. The average Bonchev–Trinajstić information content (AvgIpc) is 3.40. The molecule has 8 nitrogen and oxygen atoms in total. The number of esters is 1. The molecule has 0 radical (unpaired) electrons. The van der Waals surface area contributed by atoms with Crippen molar-refractivity contribution in [2.24, 2.45) is 5.73 Å². The van der Waals surface area contributed by atoms with Gasteiger partial charge in [-0.25, -0.2) is 9.78 Å². The molecular formula is C32H28N4O4S. The molecule has 3 aliphatic rings. The zero-order valence-corrected chi connectivity index (χ0v) is 23.4. The van der Waals surface area contributed by atoms with E-state index in [4.69, 9.17) is 20.2 Å². The molecule has 2 aliphatic heterocycles. The molecule has 9 heteroatoms. The minimum absolute atomic E-state index is 0.0175. The molecule has 1 amide bonds. The highest BCUT2D eigenvalue weighted by Gasteiger charge is 2.43. The zero-order chi connectivity index (χ0) is 28.5. The first kappa shape index (κ1) is 26.7. The summed E-state index contributed by atoms with van der Waals surface area (Å²) in [6, 6.07) is 21.2. The normalized spacial score (nSPS) is 17.8. The Morgan fingerprint density at radius 3 is 2.68 bits per heavy atom. The van der Waals surface area contributed by atoms with Crippen LogP contribution in [0.15, 0.2) is 88.4 Å². The fourth-order valence-electron chi connectivity index (χ4n) is 5.59. The second-order valence-electron chi connectivity index (χ2n) is 10.00. The highest BCUT2D eigenvalue weighted by molar-refractivity contribution is 7.99. The number of nitrogens with two attached hydrogens (primary N) is 1. The Morgan fingerprint density at radius 1 is 1.17 bits per heavy atom.